The Morgan fingerprint density at radius 1 is 1.42 bits per heavy atom. The number of aryl methyl sites for hydroxylation is 1. The van der Waals surface area contributed by atoms with Crippen LogP contribution in [0.1, 0.15) is 5.56 Å². The first-order chi connectivity index (χ1) is 11.2. The molecule has 2 aromatic rings. The predicted octanol–water partition coefficient (Wildman–Crippen LogP) is 0.676. The van der Waals surface area contributed by atoms with Crippen LogP contribution in [0.2, 0.25) is 0 Å². The van der Waals surface area contributed by atoms with Crippen molar-refractivity contribution in [2.24, 2.45) is 0 Å². The van der Waals surface area contributed by atoms with Gasteiger partial charge in [-0.05, 0) is 24.6 Å². The van der Waals surface area contributed by atoms with Gasteiger partial charge in [-0.1, -0.05) is 17.8 Å². The van der Waals surface area contributed by atoms with Crippen LogP contribution in [0.5, 0.6) is 0 Å². The number of amides is 1. The highest BCUT2D eigenvalue weighted by Crippen LogP contribution is 2.23. The van der Waals surface area contributed by atoms with Crippen molar-refractivity contribution >= 4 is 39.3 Å². The van der Waals surface area contributed by atoms with Crippen molar-refractivity contribution in [3.63, 3.8) is 0 Å². The molecule has 2 rings (SSSR count). The molecule has 0 aliphatic carbocycles. The van der Waals surface area contributed by atoms with Crippen molar-refractivity contribution in [3.8, 4) is 0 Å². The van der Waals surface area contributed by atoms with Crippen molar-refractivity contribution in [2.75, 3.05) is 30.9 Å². The van der Waals surface area contributed by atoms with E-state index in [1.165, 1.54) is 20.2 Å². The summed E-state index contributed by atoms with van der Waals surface area (Å²) in [5.74, 6) is -0.0589. The number of carbonyl (C=O) groups is 1. The van der Waals surface area contributed by atoms with E-state index in [-0.39, 0.29) is 22.5 Å². The van der Waals surface area contributed by atoms with Crippen LogP contribution in [0, 0.1) is 6.92 Å². The molecule has 0 spiro atoms. The molecule has 130 valence electrons. The molecule has 1 aromatic heterocycles. The predicted molar refractivity (Wildman–Crippen MR) is 92.2 cm³/mol. The lowest BCUT2D eigenvalue weighted by atomic mass is 10.2. The van der Waals surface area contributed by atoms with Gasteiger partial charge in [0.15, 0.2) is 0 Å². The zero-order valence-corrected chi connectivity index (χ0v) is 15.0. The molecule has 11 heteroatoms. The van der Waals surface area contributed by atoms with E-state index >= 15 is 0 Å². The number of aromatic nitrogens is 3. The molecular formula is C13H18N6O3S2. The highest BCUT2D eigenvalue weighted by molar-refractivity contribution is 7.99. The quantitative estimate of drug-likeness (QED) is 0.636. The van der Waals surface area contributed by atoms with Gasteiger partial charge >= 0.3 is 0 Å². The lowest BCUT2D eigenvalue weighted by molar-refractivity contribution is -0.113. The van der Waals surface area contributed by atoms with Crippen molar-refractivity contribution in [1.29, 1.82) is 0 Å². The summed E-state index contributed by atoms with van der Waals surface area (Å²) in [7, 11) is -0.664. The Morgan fingerprint density at radius 2 is 2.12 bits per heavy atom. The molecule has 1 amide bonds. The fourth-order valence-corrected chi connectivity index (χ4v) is 3.55. The average Bonchev–Trinajstić information content (AvgIpc) is 2.92. The van der Waals surface area contributed by atoms with Crippen LogP contribution in [0.4, 0.5) is 11.6 Å². The monoisotopic (exact) mass is 370 g/mol. The number of H-pyrrole nitrogens is 1. The number of nitrogens with two attached hydrogens (primary N) is 1. The van der Waals surface area contributed by atoms with E-state index in [0.29, 0.717) is 16.4 Å². The molecule has 1 heterocycles. The summed E-state index contributed by atoms with van der Waals surface area (Å²) in [5, 5.41) is 9.31. The van der Waals surface area contributed by atoms with Crippen LogP contribution >= 0.6 is 11.8 Å². The summed E-state index contributed by atoms with van der Waals surface area (Å²) in [5.41, 5.74) is 6.41. The SMILES string of the molecule is Cc1ccc(NC(=O)CSc2n[nH]c(N)n2)cc1S(=O)(=O)N(C)C. The Bertz CT molecular complexity index is 847. The van der Waals surface area contributed by atoms with E-state index in [9.17, 15) is 13.2 Å². The summed E-state index contributed by atoms with van der Waals surface area (Å²) >= 11 is 1.11. The van der Waals surface area contributed by atoms with Crippen molar-refractivity contribution in [2.45, 2.75) is 17.0 Å². The fourth-order valence-electron chi connectivity index (χ4n) is 1.80. The van der Waals surface area contributed by atoms with Crippen LogP contribution in [-0.2, 0) is 14.8 Å². The molecule has 0 unspecified atom stereocenters. The highest BCUT2D eigenvalue weighted by atomic mass is 32.2. The third-order valence-electron chi connectivity index (χ3n) is 3.05. The minimum absolute atomic E-state index is 0.0704. The number of nitrogen functional groups attached to an aromatic ring is 1. The molecule has 24 heavy (non-hydrogen) atoms. The van der Waals surface area contributed by atoms with E-state index in [0.717, 1.165) is 16.1 Å². The molecule has 4 N–H and O–H groups in total. The van der Waals surface area contributed by atoms with Gasteiger partial charge in [-0.2, -0.15) is 4.98 Å². The number of nitrogens with zero attached hydrogens (tertiary/aromatic N) is 3. The average molecular weight is 370 g/mol. The Hall–Kier alpha value is -2.11. The number of hydrogen-bond donors (Lipinski definition) is 3. The lowest BCUT2D eigenvalue weighted by Gasteiger charge is -2.15. The number of nitrogens with one attached hydrogen (secondary N) is 2. The van der Waals surface area contributed by atoms with Crippen LogP contribution in [0.15, 0.2) is 28.3 Å². The van der Waals surface area contributed by atoms with E-state index in [1.807, 2.05) is 0 Å². The van der Waals surface area contributed by atoms with Gasteiger partial charge in [-0.15, -0.1) is 5.10 Å². The summed E-state index contributed by atoms with van der Waals surface area (Å²) in [4.78, 5) is 16.0. The maximum atomic E-state index is 12.3. The first-order valence-electron chi connectivity index (χ1n) is 6.84. The molecule has 1 aromatic carbocycles. The number of thioether (sulfide) groups is 1. The number of anilines is 2. The van der Waals surface area contributed by atoms with E-state index in [1.54, 1.807) is 19.1 Å². The van der Waals surface area contributed by atoms with Gasteiger partial charge in [-0.3, -0.25) is 4.79 Å². The van der Waals surface area contributed by atoms with Gasteiger partial charge in [0.2, 0.25) is 27.0 Å². The normalized spacial score (nSPS) is 11.7. The van der Waals surface area contributed by atoms with Gasteiger partial charge < -0.3 is 11.1 Å². The van der Waals surface area contributed by atoms with Crippen molar-refractivity contribution < 1.29 is 13.2 Å². The molecule has 0 fully saturated rings. The molecular weight excluding hydrogens is 352 g/mol. The Morgan fingerprint density at radius 3 is 2.71 bits per heavy atom. The zero-order valence-electron chi connectivity index (χ0n) is 13.4. The second kappa shape index (κ2) is 7.20. The second-order valence-electron chi connectivity index (χ2n) is 5.11. The van der Waals surface area contributed by atoms with E-state index < -0.39 is 10.0 Å². The Balaban J connectivity index is 2.08. The maximum Gasteiger partial charge on any atom is 0.242 e. The molecule has 0 aliphatic rings. The number of benzene rings is 1. The molecule has 9 nitrogen and oxygen atoms in total. The highest BCUT2D eigenvalue weighted by Gasteiger charge is 2.20. The number of carbonyl (C=O) groups excluding carboxylic acids is 1. The Kier molecular flexibility index (Phi) is 5.47. The van der Waals surface area contributed by atoms with Crippen LogP contribution < -0.4 is 11.1 Å². The first-order valence-corrected chi connectivity index (χ1v) is 9.26. The second-order valence-corrected chi connectivity index (χ2v) is 8.17. The number of rotatable bonds is 6. The molecule has 0 saturated heterocycles. The van der Waals surface area contributed by atoms with Crippen LogP contribution in [0.3, 0.4) is 0 Å². The van der Waals surface area contributed by atoms with Gasteiger partial charge in [0, 0.05) is 19.8 Å². The largest absolute Gasteiger partial charge is 0.368 e. The first kappa shape index (κ1) is 18.2. The van der Waals surface area contributed by atoms with Gasteiger partial charge in [0.25, 0.3) is 0 Å². The lowest BCUT2D eigenvalue weighted by Crippen LogP contribution is -2.23. The fraction of sp³-hybridized carbons (Fsp3) is 0.308. The van der Waals surface area contributed by atoms with Gasteiger partial charge in [0.05, 0.1) is 10.6 Å². The van der Waals surface area contributed by atoms with Gasteiger partial charge in [-0.25, -0.2) is 17.8 Å². The Labute approximate surface area is 144 Å². The molecule has 0 saturated carbocycles. The van der Waals surface area contributed by atoms with E-state index in [2.05, 4.69) is 20.5 Å². The summed E-state index contributed by atoms with van der Waals surface area (Å²) < 4.78 is 25.7. The third-order valence-corrected chi connectivity index (χ3v) is 5.85. The minimum atomic E-state index is -3.58. The number of hydrogen-bond acceptors (Lipinski definition) is 7. The summed E-state index contributed by atoms with van der Waals surface area (Å²) in [6.07, 6.45) is 0. The third kappa shape index (κ3) is 4.24. The van der Waals surface area contributed by atoms with Gasteiger partial charge in [0.1, 0.15) is 0 Å². The summed E-state index contributed by atoms with van der Waals surface area (Å²) in [6, 6.07) is 4.74. The standard InChI is InChI=1S/C13H18N6O3S2/c1-8-4-5-9(6-10(8)24(21,22)19(2)3)15-11(20)7-23-13-16-12(14)17-18-13/h4-6H,7H2,1-3H3,(H,15,20)(H3,14,16,17,18). The molecule has 0 radical (unpaired) electrons. The smallest absolute Gasteiger partial charge is 0.242 e. The number of aromatic amines is 1. The van der Waals surface area contributed by atoms with Crippen LogP contribution in [0.25, 0.3) is 0 Å². The molecule has 0 bridgehead atoms. The van der Waals surface area contributed by atoms with Crippen molar-refractivity contribution in [3.05, 3.63) is 23.8 Å². The molecule has 0 atom stereocenters. The zero-order chi connectivity index (χ0) is 17.9. The molecule has 0 aliphatic heterocycles. The summed E-state index contributed by atoms with van der Waals surface area (Å²) in [6.45, 7) is 1.70. The maximum absolute atomic E-state index is 12.3. The minimum Gasteiger partial charge on any atom is -0.368 e. The van der Waals surface area contributed by atoms with E-state index in [4.69, 9.17) is 5.73 Å². The van der Waals surface area contributed by atoms with Crippen molar-refractivity contribution in [1.82, 2.24) is 19.5 Å². The topological polar surface area (TPSA) is 134 Å². The van der Waals surface area contributed by atoms with Crippen LogP contribution in [-0.4, -0.2) is 53.7 Å². The number of sulfonamides is 1.